The van der Waals surface area contributed by atoms with Crippen LogP contribution in [0.4, 0.5) is 5.69 Å². The fourth-order valence-electron chi connectivity index (χ4n) is 1.86. The normalized spacial score (nSPS) is 18.1. The average Bonchev–Trinajstić information content (AvgIpc) is 2.54. The predicted molar refractivity (Wildman–Crippen MR) is 62.5 cm³/mol. The van der Waals surface area contributed by atoms with Gasteiger partial charge in [0.05, 0.1) is 0 Å². The minimum Gasteiger partial charge on any atom is -0.370 e. The maximum absolute atomic E-state index is 2.28. The van der Waals surface area contributed by atoms with Crippen LogP contribution in [0.1, 0.15) is 12.5 Å². The predicted octanol–water partition coefficient (Wildman–Crippen LogP) is 3.10. The molecule has 1 nitrogen and oxygen atoms in total. The van der Waals surface area contributed by atoms with Crippen LogP contribution in [0.3, 0.4) is 0 Å². The number of likely N-dealkylation sites (N-methyl/N-ethyl adjacent to an activating group) is 1. The summed E-state index contributed by atoms with van der Waals surface area (Å²) in [5.41, 5.74) is 4.11. The molecule has 0 atom stereocenters. The van der Waals surface area contributed by atoms with Gasteiger partial charge in [0.15, 0.2) is 0 Å². The van der Waals surface area contributed by atoms with E-state index in [1.165, 1.54) is 16.8 Å². The highest BCUT2D eigenvalue weighted by Gasteiger charge is 2.18. The Kier molecular flexibility index (Phi) is 2.40. The summed E-state index contributed by atoms with van der Waals surface area (Å²) in [6.07, 6.45) is 6.36. The lowest BCUT2D eigenvalue weighted by Gasteiger charge is -2.09. The molecule has 0 bridgehead atoms. The summed E-state index contributed by atoms with van der Waals surface area (Å²) in [5.74, 6) is 0. The highest BCUT2D eigenvalue weighted by molar-refractivity contribution is 5.85. The van der Waals surface area contributed by atoms with Crippen LogP contribution >= 0.6 is 0 Å². The zero-order chi connectivity index (χ0) is 9.97. The lowest BCUT2D eigenvalue weighted by molar-refractivity contribution is 1.09. The van der Waals surface area contributed by atoms with Crippen LogP contribution in [-0.4, -0.2) is 13.6 Å². The number of anilines is 1. The number of rotatable bonds is 1. The first-order valence-electron chi connectivity index (χ1n) is 4.95. The van der Waals surface area contributed by atoms with Gasteiger partial charge < -0.3 is 4.90 Å². The number of allylic oxidation sites excluding steroid dienone is 3. The van der Waals surface area contributed by atoms with Crippen molar-refractivity contribution in [3.63, 3.8) is 0 Å². The van der Waals surface area contributed by atoms with Gasteiger partial charge in [-0.3, -0.25) is 0 Å². The lowest BCUT2D eigenvalue weighted by atomic mass is 10.1. The molecule has 0 saturated heterocycles. The Hall–Kier alpha value is -1.50. The van der Waals surface area contributed by atoms with Gasteiger partial charge in [0.25, 0.3) is 0 Å². The standard InChI is InChI=1S/C13H15N/c1-3-4-7-11-10-14(2)13-9-6-5-8-12(11)13/h3-9H,10H2,1-2H3/b4-3-,11-7+. The van der Waals surface area contributed by atoms with Crippen molar-refractivity contribution in [1.82, 2.24) is 0 Å². The maximum atomic E-state index is 2.28. The summed E-state index contributed by atoms with van der Waals surface area (Å²) in [7, 11) is 2.13. The smallest absolute Gasteiger partial charge is 0.0443 e. The van der Waals surface area contributed by atoms with E-state index in [9.17, 15) is 0 Å². The van der Waals surface area contributed by atoms with E-state index in [4.69, 9.17) is 0 Å². The van der Waals surface area contributed by atoms with E-state index in [1.54, 1.807) is 0 Å². The molecule has 1 aliphatic heterocycles. The van der Waals surface area contributed by atoms with Gasteiger partial charge in [-0.25, -0.2) is 0 Å². The first kappa shape index (κ1) is 9.07. The zero-order valence-electron chi connectivity index (χ0n) is 8.70. The van der Waals surface area contributed by atoms with Gasteiger partial charge in [-0.05, 0) is 18.6 Å². The third-order valence-corrected chi connectivity index (χ3v) is 2.56. The summed E-state index contributed by atoms with van der Waals surface area (Å²) in [6.45, 7) is 3.06. The number of nitrogens with zero attached hydrogens (tertiary/aromatic N) is 1. The summed E-state index contributed by atoms with van der Waals surface area (Å²) in [5, 5.41) is 0. The molecule has 72 valence electrons. The fraction of sp³-hybridized carbons (Fsp3) is 0.231. The van der Waals surface area contributed by atoms with E-state index in [-0.39, 0.29) is 0 Å². The van der Waals surface area contributed by atoms with Crippen LogP contribution in [0.2, 0.25) is 0 Å². The highest BCUT2D eigenvalue weighted by atomic mass is 15.1. The van der Waals surface area contributed by atoms with E-state index in [0.717, 1.165) is 6.54 Å². The van der Waals surface area contributed by atoms with Crippen molar-refractivity contribution in [3.05, 3.63) is 48.1 Å². The zero-order valence-corrected chi connectivity index (χ0v) is 8.70. The SMILES string of the molecule is C/C=C\C=C1/CN(C)c2ccccc21. The van der Waals surface area contributed by atoms with Gasteiger partial charge in [0.2, 0.25) is 0 Å². The Balaban J connectivity index is 2.44. The van der Waals surface area contributed by atoms with Crippen molar-refractivity contribution in [1.29, 1.82) is 0 Å². The molecule has 0 saturated carbocycles. The lowest BCUT2D eigenvalue weighted by Crippen LogP contribution is -2.11. The third-order valence-electron chi connectivity index (χ3n) is 2.56. The molecule has 1 aromatic carbocycles. The van der Waals surface area contributed by atoms with Crippen LogP contribution < -0.4 is 4.90 Å². The molecule has 14 heavy (non-hydrogen) atoms. The molecule has 2 rings (SSSR count). The number of hydrogen-bond donors (Lipinski definition) is 0. The monoisotopic (exact) mass is 185 g/mol. The molecule has 1 heterocycles. The molecule has 0 radical (unpaired) electrons. The first-order valence-corrected chi connectivity index (χ1v) is 4.95. The van der Waals surface area contributed by atoms with Crippen molar-refractivity contribution >= 4 is 11.3 Å². The number of benzene rings is 1. The minimum atomic E-state index is 1.02. The van der Waals surface area contributed by atoms with Crippen molar-refractivity contribution in [2.75, 3.05) is 18.5 Å². The Labute approximate surface area is 85.4 Å². The second-order valence-electron chi connectivity index (χ2n) is 3.59. The van der Waals surface area contributed by atoms with Gasteiger partial charge in [-0.1, -0.05) is 36.4 Å². The van der Waals surface area contributed by atoms with Crippen molar-refractivity contribution in [2.45, 2.75) is 6.92 Å². The largest absolute Gasteiger partial charge is 0.370 e. The molecule has 0 spiro atoms. The van der Waals surface area contributed by atoms with Crippen LogP contribution in [0.5, 0.6) is 0 Å². The minimum absolute atomic E-state index is 1.02. The van der Waals surface area contributed by atoms with E-state index < -0.39 is 0 Å². The number of fused-ring (bicyclic) bond motifs is 1. The molecule has 0 amide bonds. The Morgan fingerprint density at radius 3 is 2.86 bits per heavy atom. The van der Waals surface area contributed by atoms with Gasteiger partial charge in [0, 0.05) is 24.8 Å². The maximum Gasteiger partial charge on any atom is 0.0443 e. The molecule has 1 aromatic rings. The number of hydrogen-bond acceptors (Lipinski definition) is 1. The molecule has 0 fully saturated rings. The van der Waals surface area contributed by atoms with E-state index in [1.807, 2.05) is 6.92 Å². The second kappa shape index (κ2) is 3.70. The Morgan fingerprint density at radius 1 is 1.29 bits per heavy atom. The van der Waals surface area contributed by atoms with E-state index >= 15 is 0 Å². The van der Waals surface area contributed by atoms with Gasteiger partial charge in [-0.2, -0.15) is 0 Å². The van der Waals surface area contributed by atoms with Crippen LogP contribution in [0.15, 0.2) is 42.5 Å². The quantitative estimate of drug-likeness (QED) is 0.650. The number of para-hydroxylation sites is 1. The Bertz CT molecular complexity index is 388. The van der Waals surface area contributed by atoms with Crippen LogP contribution in [0, 0.1) is 0 Å². The summed E-state index contributed by atoms with van der Waals surface area (Å²) >= 11 is 0. The highest BCUT2D eigenvalue weighted by Crippen LogP contribution is 2.33. The molecule has 1 heteroatoms. The summed E-state index contributed by atoms with van der Waals surface area (Å²) in [4.78, 5) is 2.28. The molecule has 0 aromatic heterocycles. The topological polar surface area (TPSA) is 3.24 Å². The molecular weight excluding hydrogens is 170 g/mol. The van der Waals surface area contributed by atoms with Gasteiger partial charge in [-0.15, -0.1) is 0 Å². The average molecular weight is 185 g/mol. The summed E-state index contributed by atoms with van der Waals surface area (Å²) in [6, 6.07) is 8.55. The third kappa shape index (κ3) is 1.46. The van der Waals surface area contributed by atoms with E-state index in [2.05, 4.69) is 54.4 Å². The second-order valence-corrected chi connectivity index (χ2v) is 3.59. The summed E-state index contributed by atoms with van der Waals surface area (Å²) < 4.78 is 0. The van der Waals surface area contributed by atoms with Crippen molar-refractivity contribution in [2.24, 2.45) is 0 Å². The van der Waals surface area contributed by atoms with Gasteiger partial charge >= 0.3 is 0 Å². The Morgan fingerprint density at radius 2 is 2.07 bits per heavy atom. The fourth-order valence-corrected chi connectivity index (χ4v) is 1.86. The van der Waals surface area contributed by atoms with E-state index in [0.29, 0.717) is 0 Å². The van der Waals surface area contributed by atoms with Crippen molar-refractivity contribution in [3.8, 4) is 0 Å². The van der Waals surface area contributed by atoms with Crippen LogP contribution in [-0.2, 0) is 0 Å². The molecule has 0 unspecified atom stereocenters. The first-order chi connectivity index (χ1) is 6.83. The molecule has 0 N–H and O–H groups in total. The molecular formula is C13H15N. The van der Waals surface area contributed by atoms with Gasteiger partial charge in [0.1, 0.15) is 0 Å². The van der Waals surface area contributed by atoms with Crippen molar-refractivity contribution < 1.29 is 0 Å². The molecule has 0 aliphatic carbocycles. The van der Waals surface area contributed by atoms with Crippen LogP contribution in [0.25, 0.3) is 5.57 Å². The molecule has 1 aliphatic rings.